The Bertz CT molecular complexity index is 910. The minimum Gasteiger partial charge on any atom is -0.280 e. The van der Waals surface area contributed by atoms with Crippen LogP contribution in [0.4, 0.5) is 0 Å². The Morgan fingerprint density at radius 3 is 2.60 bits per heavy atom. The Morgan fingerprint density at radius 2 is 1.80 bits per heavy atom. The van der Waals surface area contributed by atoms with Crippen LogP contribution in [0.3, 0.4) is 0 Å². The predicted molar refractivity (Wildman–Crippen MR) is 79.4 cm³/mol. The van der Waals surface area contributed by atoms with Gasteiger partial charge in [0.2, 0.25) is 0 Å². The van der Waals surface area contributed by atoms with Gasteiger partial charge in [0.05, 0.1) is 11.4 Å². The SMILES string of the molecule is Cc1[nH]nc2c1nc(-c1cccnc1)c1ccccc12. The molecule has 1 aromatic carbocycles. The first kappa shape index (κ1) is 11.1. The van der Waals surface area contributed by atoms with Crippen LogP contribution in [0.15, 0.2) is 48.8 Å². The van der Waals surface area contributed by atoms with Crippen molar-refractivity contribution >= 4 is 21.8 Å². The van der Waals surface area contributed by atoms with E-state index in [-0.39, 0.29) is 0 Å². The first-order valence-corrected chi connectivity index (χ1v) is 6.48. The highest BCUT2D eigenvalue weighted by Gasteiger charge is 2.13. The number of aromatic nitrogens is 4. The van der Waals surface area contributed by atoms with E-state index in [4.69, 9.17) is 4.98 Å². The summed E-state index contributed by atoms with van der Waals surface area (Å²) in [4.78, 5) is 8.99. The fraction of sp³-hybridized carbons (Fsp3) is 0.0625. The van der Waals surface area contributed by atoms with Gasteiger partial charge in [0.15, 0.2) is 0 Å². The molecule has 0 bridgehead atoms. The highest BCUT2D eigenvalue weighted by molar-refractivity contribution is 6.09. The number of hydrogen-bond acceptors (Lipinski definition) is 3. The second-order valence-electron chi connectivity index (χ2n) is 4.79. The number of fused-ring (bicyclic) bond motifs is 3. The number of aryl methyl sites for hydroxylation is 1. The lowest BCUT2D eigenvalue weighted by Crippen LogP contribution is -1.89. The number of rotatable bonds is 1. The molecule has 0 spiro atoms. The quantitative estimate of drug-likeness (QED) is 0.570. The third kappa shape index (κ3) is 1.51. The molecule has 0 saturated carbocycles. The zero-order chi connectivity index (χ0) is 13.5. The van der Waals surface area contributed by atoms with Gasteiger partial charge in [-0.3, -0.25) is 10.1 Å². The predicted octanol–water partition coefficient (Wildman–Crippen LogP) is 3.48. The summed E-state index contributed by atoms with van der Waals surface area (Å²) < 4.78 is 0. The fourth-order valence-corrected chi connectivity index (χ4v) is 2.54. The Morgan fingerprint density at radius 1 is 0.950 bits per heavy atom. The molecule has 96 valence electrons. The lowest BCUT2D eigenvalue weighted by Gasteiger charge is -2.06. The first-order valence-electron chi connectivity index (χ1n) is 6.48. The van der Waals surface area contributed by atoms with Crippen molar-refractivity contribution in [2.24, 2.45) is 0 Å². The van der Waals surface area contributed by atoms with Gasteiger partial charge in [-0.1, -0.05) is 24.3 Å². The highest BCUT2D eigenvalue weighted by atomic mass is 15.1. The van der Waals surface area contributed by atoms with E-state index in [1.165, 1.54) is 0 Å². The highest BCUT2D eigenvalue weighted by Crippen LogP contribution is 2.31. The molecule has 0 amide bonds. The molecule has 4 heteroatoms. The summed E-state index contributed by atoms with van der Waals surface area (Å²) in [5.74, 6) is 0. The number of hydrogen-bond donors (Lipinski definition) is 1. The second-order valence-corrected chi connectivity index (χ2v) is 4.79. The van der Waals surface area contributed by atoms with Crippen LogP contribution in [0.2, 0.25) is 0 Å². The lowest BCUT2D eigenvalue weighted by atomic mass is 10.0. The summed E-state index contributed by atoms with van der Waals surface area (Å²) in [6, 6.07) is 12.2. The monoisotopic (exact) mass is 260 g/mol. The molecule has 0 unspecified atom stereocenters. The molecule has 1 N–H and O–H groups in total. The molecule has 3 heterocycles. The van der Waals surface area contributed by atoms with Crippen molar-refractivity contribution in [1.29, 1.82) is 0 Å². The molecule has 4 aromatic rings. The maximum absolute atomic E-state index is 4.80. The molecule has 0 fully saturated rings. The van der Waals surface area contributed by atoms with Crippen LogP contribution >= 0.6 is 0 Å². The van der Waals surface area contributed by atoms with E-state index in [1.807, 2.05) is 37.4 Å². The largest absolute Gasteiger partial charge is 0.280 e. The van der Waals surface area contributed by atoms with Gasteiger partial charge in [0.1, 0.15) is 11.0 Å². The molecule has 0 saturated heterocycles. The third-order valence-corrected chi connectivity index (χ3v) is 3.51. The summed E-state index contributed by atoms with van der Waals surface area (Å²) in [6.45, 7) is 1.99. The molecule has 0 aliphatic rings. The van der Waals surface area contributed by atoms with Gasteiger partial charge >= 0.3 is 0 Å². The van der Waals surface area contributed by atoms with Crippen molar-refractivity contribution in [3.05, 3.63) is 54.5 Å². The molecule has 0 atom stereocenters. The molecule has 4 rings (SSSR count). The van der Waals surface area contributed by atoms with Crippen LogP contribution < -0.4 is 0 Å². The van der Waals surface area contributed by atoms with E-state index in [0.717, 1.165) is 38.8 Å². The molecule has 4 nitrogen and oxygen atoms in total. The Hall–Kier alpha value is -2.75. The summed E-state index contributed by atoms with van der Waals surface area (Å²) in [6.07, 6.45) is 3.61. The number of benzene rings is 1. The number of H-pyrrole nitrogens is 1. The summed E-state index contributed by atoms with van der Waals surface area (Å²) in [5.41, 5.74) is 4.79. The Balaban J connectivity index is 2.20. The normalized spacial score (nSPS) is 11.2. The molecule has 20 heavy (non-hydrogen) atoms. The van der Waals surface area contributed by atoms with Gasteiger partial charge in [0.25, 0.3) is 0 Å². The zero-order valence-electron chi connectivity index (χ0n) is 11.0. The topological polar surface area (TPSA) is 54.5 Å². The molecular weight excluding hydrogens is 248 g/mol. The van der Waals surface area contributed by atoms with Crippen LogP contribution in [0, 0.1) is 6.92 Å². The van der Waals surface area contributed by atoms with E-state index in [0.29, 0.717) is 0 Å². The Labute approximate surface area is 115 Å². The van der Waals surface area contributed by atoms with E-state index >= 15 is 0 Å². The van der Waals surface area contributed by atoms with Gasteiger partial charge in [-0.25, -0.2) is 4.98 Å². The van der Waals surface area contributed by atoms with Crippen LogP contribution in [-0.2, 0) is 0 Å². The van der Waals surface area contributed by atoms with Gasteiger partial charge in [0, 0.05) is 28.7 Å². The smallest absolute Gasteiger partial charge is 0.119 e. The number of pyridine rings is 2. The summed E-state index contributed by atoms with van der Waals surface area (Å²) in [5, 5.41) is 9.61. The van der Waals surface area contributed by atoms with Crippen LogP contribution in [0.5, 0.6) is 0 Å². The average molecular weight is 260 g/mol. The van der Waals surface area contributed by atoms with Crippen molar-refractivity contribution in [1.82, 2.24) is 20.2 Å². The lowest BCUT2D eigenvalue weighted by molar-refractivity contribution is 1.07. The molecule has 3 aromatic heterocycles. The maximum Gasteiger partial charge on any atom is 0.119 e. The van der Waals surface area contributed by atoms with Crippen LogP contribution in [-0.4, -0.2) is 20.2 Å². The van der Waals surface area contributed by atoms with Gasteiger partial charge in [-0.05, 0) is 19.1 Å². The van der Waals surface area contributed by atoms with E-state index in [2.05, 4.69) is 27.3 Å². The number of aromatic amines is 1. The van der Waals surface area contributed by atoms with Crippen molar-refractivity contribution in [2.45, 2.75) is 6.92 Å². The van der Waals surface area contributed by atoms with Crippen molar-refractivity contribution in [3.63, 3.8) is 0 Å². The van der Waals surface area contributed by atoms with Crippen molar-refractivity contribution in [2.75, 3.05) is 0 Å². The first-order chi connectivity index (χ1) is 9.84. The minimum atomic E-state index is 0.919. The number of nitrogens with one attached hydrogen (secondary N) is 1. The van der Waals surface area contributed by atoms with E-state index in [9.17, 15) is 0 Å². The van der Waals surface area contributed by atoms with Gasteiger partial charge in [-0.15, -0.1) is 0 Å². The maximum atomic E-state index is 4.80. The molecule has 0 radical (unpaired) electrons. The zero-order valence-corrected chi connectivity index (χ0v) is 11.0. The van der Waals surface area contributed by atoms with Gasteiger partial charge < -0.3 is 0 Å². The molecular formula is C16H12N4. The van der Waals surface area contributed by atoms with Gasteiger partial charge in [-0.2, -0.15) is 5.10 Å². The number of nitrogens with zero attached hydrogens (tertiary/aromatic N) is 3. The second kappa shape index (κ2) is 4.13. The summed E-state index contributed by atoms with van der Waals surface area (Å²) in [7, 11) is 0. The fourth-order valence-electron chi connectivity index (χ4n) is 2.54. The standard InChI is InChI=1S/C16H12N4/c1-10-14-16(20-19-10)13-7-3-2-6-12(13)15(18-14)11-5-4-8-17-9-11/h2-9H,1H3,(H,19,20). The molecule has 0 aliphatic heterocycles. The van der Waals surface area contributed by atoms with Crippen molar-refractivity contribution < 1.29 is 0 Å². The third-order valence-electron chi connectivity index (χ3n) is 3.51. The minimum absolute atomic E-state index is 0.919. The van der Waals surface area contributed by atoms with Crippen LogP contribution in [0.25, 0.3) is 33.1 Å². The average Bonchev–Trinajstić information content (AvgIpc) is 2.89. The summed E-state index contributed by atoms with van der Waals surface area (Å²) >= 11 is 0. The molecule has 0 aliphatic carbocycles. The van der Waals surface area contributed by atoms with Crippen LogP contribution in [0.1, 0.15) is 5.69 Å². The van der Waals surface area contributed by atoms with Crippen molar-refractivity contribution in [3.8, 4) is 11.3 Å². The van der Waals surface area contributed by atoms with E-state index in [1.54, 1.807) is 6.20 Å². The Kier molecular flexibility index (Phi) is 2.29. The van der Waals surface area contributed by atoms with E-state index < -0.39 is 0 Å².